The van der Waals surface area contributed by atoms with Gasteiger partial charge in [-0.25, -0.2) is 0 Å². The standard InChI is InChI=1S/C14H15N3O2/c1-2-6-17-14(18)13-9-11(5-8-16-13)19-12-4-3-7-15-10-12/h3-5,7-10H,2,6H2,1H3,(H,17,18). The third-order valence-electron chi connectivity index (χ3n) is 2.37. The van der Waals surface area contributed by atoms with E-state index in [0.29, 0.717) is 23.7 Å². The Morgan fingerprint density at radius 3 is 2.95 bits per heavy atom. The highest BCUT2D eigenvalue weighted by Gasteiger charge is 2.07. The maximum Gasteiger partial charge on any atom is 0.270 e. The average Bonchev–Trinajstić information content (AvgIpc) is 2.46. The summed E-state index contributed by atoms with van der Waals surface area (Å²) in [4.78, 5) is 19.8. The maximum atomic E-state index is 11.8. The fraction of sp³-hybridized carbons (Fsp3) is 0.214. The highest BCUT2D eigenvalue weighted by molar-refractivity contribution is 5.92. The maximum absolute atomic E-state index is 11.8. The van der Waals surface area contributed by atoms with Gasteiger partial charge in [0.15, 0.2) is 0 Å². The molecule has 1 N–H and O–H groups in total. The molecule has 2 rings (SSSR count). The van der Waals surface area contributed by atoms with Gasteiger partial charge >= 0.3 is 0 Å². The van der Waals surface area contributed by atoms with Crippen molar-refractivity contribution >= 4 is 5.91 Å². The fourth-order valence-electron chi connectivity index (χ4n) is 1.47. The van der Waals surface area contributed by atoms with Crippen LogP contribution in [0.25, 0.3) is 0 Å². The van der Waals surface area contributed by atoms with E-state index in [-0.39, 0.29) is 5.91 Å². The number of aromatic nitrogens is 2. The number of nitrogens with one attached hydrogen (secondary N) is 1. The summed E-state index contributed by atoms with van der Waals surface area (Å²) in [7, 11) is 0. The Kier molecular flexibility index (Phi) is 4.44. The third kappa shape index (κ3) is 3.77. The van der Waals surface area contributed by atoms with Crippen molar-refractivity contribution in [2.45, 2.75) is 13.3 Å². The zero-order valence-corrected chi connectivity index (χ0v) is 10.7. The Morgan fingerprint density at radius 2 is 2.21 bits per heavy atom. The summed E-state index contributed by atoms with van der Waals surface area (Å²) in [5, 5.41) is 2.77. The molecule has 2 aromatic heterocycles. The lowest BCUT2D eigenvalue weighted by atomic mass is 10.3. The van der Waals surface area contributed by atoms with Crippen molar-refractivity contribution in [2.75, 3.05) is 6.54 Å². The number of carbonyl (C=O) groups excluding carboxylic acids is 1. The molecule has 0 saturated heterocycles. The Hall–Kier alpha value is -2.43. The molecule has 0 fully saturated rings. The predicted molar refractivity (Wildman–Crippen MR) is 71.2 cm³/mol. The molecule has 0 radical (unpaired) electrons. The largest absolute Gasteiger partial charge is 0.456 e. The van der Waals surface area contributed by atoms with E-state index < -0.39 is 0 Å². The first-order chi connectivity index (χ1) is 9.29. The molecule has 0 spiro atoms. The molecule has 2 aromatic rings. The van der Waals surface area contributed by atoms with Gasteiger partial charge in [-0.15, -0.1) is 0 Å². The molecule has 0 aliphatic rings. The van der Waals surface area contributed by atoms with E-state index in [1.165, 1.54) is 0 Å². The van der Waals surface area contributed by atoms with Crippen molar-refractivity contribution in [1.82, 2.24) is 15.3 Å². The minimum absolute atomic E-state index is 0.196. The number of rotatable bonds is 5. The normalized spacial score (nSPS) is 9.95. The molecule has 19 heavy (non-hydrogen) atoms. The lowest BCUT2D eigenvalue weighted by molar-refractivity contribution is 0.0948. The summed E-state index contributed by atoms with van der Waals surface area (Å²) < 4.78 is 5.59. The average molecular weight is 257 g/mol. The zero-order valence-electron chi connectivity index (χ0n) is 10.7. The van der Waals surface area contributed by atoms with Crippen molar-refractivity contribution < 1.29 is 9.53 Å². The van der Waals surface area contributed by atoms with Crippen LogP contribution in [0.3, 0.4) is 0 Å². The van der Waals surface area contributed by atoms with Gasteiger partial charge < -0.3 is 10.1 Å². The van der Waals surface area contributed by atoms with E-state index in [1.54, 1.807) is 42.9 Å². The lowest BCUT2D eigenvalue weighted by Gasteiger charge is -2.07. The molecular weight excluding hydrogens is 242 g/mol. The number of amides is 1. The van der Waals surface area contributed by atoms with Crippen LogP contribution >= 0.6 is 0 Å². The quantitative estimate of drug-likeness (QED) is 0.893. The zero-order chi connectivity index (χ0) is 13.5. The predicted octanol–water partition coefficient (Wildman–Crippen LogP) is 2.41. The highest BCUT2D eigenvalue weighted by Crippen LogP contribution is 2.19. The molecule has 98 valence electrons. The summed E-state index contributed by atoms with van der Waals surface area (Å²) in [5.74, 6) is 0.983. The van der Waals surface area contributed by atoms with E-state index in [4.69, 9.17) is 4.74 Å². The number of hydrogen-bond acceptors (Lipinski definition) is 4. The second-order valence-electron chi connectivity index (χ2n) is 3.92. The van der Waals surface area contributed by atoms with E-state index in [0.717, 1.165) is 6.42 Å². The first kappa shape index (κ1) is 13.0. The molecule has 5 heteroatoms. The summed E-state index contributed by atoms with van der Waals surface area (Å²) in [5.41, 5.74) is 0.342. The van der Waals surface area contributed by atoms with Crippen LogP contribution in [0.5, 0.6) is 11.5 Å². The van der Waals surface area contributed by atoms with Gasteiger partial charge in [-0.3, -0.25) is 14.8 Å². The number of pyridine rings is 2. The van der Waals surface area contributed by atoms with Crippen LogP contribution in [0.4, 0.5) is 0 Å². The monoisotopic (exact) mass is 257 g/mol. The number of carbonyl (C=O) groups is 1. The Labute approximate surface area is 111 Å². The van der Waals surface area contributed by atoms with Gasteiger partial charge in [-0.05, 0) is 24.6 Å². The Balaban J connectivity index is 2.09. The van der Waals surface area contributed by atoms with Crippen LogP contribution in [-0.2, 0) is 0 Å². The molecule has 1 amide bonds. The Morgan fingerprint density at radius 1 is 1.32 bits per heavy atom. The summed E-state index contributed by atoms with van der Waals surface area (Å²) in [6.45, 7) is 2.63. The van der Waals surface area contributed by atoms with Crippen molar-refractivity contribution in [2.24, 2.45) is 0 Å². The van der Waals surface area contributed by atoms with Crippen LogP contribution in [-0.4, -0.2) is 22.4 Å². The SMILES string of the molecule is CCCNC(=O)c1cc(Oc2cccnc2)ccn1. The highest BCUT2D eigenvalue weighted by atomic mass is 16.5. The molecule has 0 unspecified atom stereocenters. The number of hydrogen-bond donors (Lipinski definition) is 1. The molecular formula is C14H15N3O2. The molecule has 5 nitrogen and oxygen atoms in total. The van der Waals surface area contributed by atoms with E-state index >= 15 is 0 Å². The second-order valence-corrected chi connectivity index (χ2v) is 3.92. The molecule has 0 atom stereocenters. The number of nitrogens with zero attached hydrogens (tertiary/aromatic N) is 2. The molecule has 0 aliphatic carbocycles. The summed E-state index contributed by atoms with van der Waals surface area (Å²) in [6.07, 6.45) is 5.71. The van der Waals surface area contributed by atoms with Crippen LogP contribution < -0.4 is 10.1 Å². The van der Waals surface area contributed by atoms with Gasteiger partial charge in [0.2, 0.25) is 0 Å². The van der Waals surface area contributed by atoms with Crippen LogP contribution in [0.1, 0.15) is 23.8 Å². The first-order valence-corrected chi connectivity index (χ1v) is 6.11. The summed E-state index contributed by atoms with van der Waals surface area (Å²) >= 11 is 0. The molecule has 0 bridgehead atoms. The Bertz CT molecular complexity index is 543. The van der Waals surface area contributed by atoms with Crippen LogP contribution in [0.15, 0.2) is 42.9 Å². The topological polar surface area (TPSA) is 64.1 Å². The van der Waals surface area contributed by atoms with E-state index in [1.807, 2.05) is 6.92 Å². The van der Waals surface area contributed by atoms with Gasteiger partial charge in [0.25, 0.3) is 5.91 Å². The van der Waals surface area contributed by atoms with Crippen molar-refractivity contribution in [3.05, 3.63) is 48.5 Å². The van der Waals surface area contributed by atoms with Crippen molar-refractivity contribution in [3.63, 3.8) is 0 Å². The molecule has 0 saturated carbocycles. The summed E-state index contributed by atoms with van der Waals surface area (Å²) in [6, 6.07) is 6.89. The molecule has 2 heterocycles. The minimum Gasteiger partial charge on any atom is -0.456 e. The van der Waals surface area contributed by atoms with Gasteiger partial charge in [0.05, 0.1) is 6.20 Å². The van der Waals surface area contributed by atoms with Gasteiger partial charge in [0.1, 0.15) is 17.2 Å². The third-order valence-corrected chi connectivity index (χ3v) is 2.37. The molecule has 0 aromatic carbocycles. The van der Waals surface area contributed by atoms with Crippen LogP contribution in [0.2, 0.25) is 0 Å². The smallest absolute Gasteiger partial charge is 0.270 e. The van der Waals surface area contributed by atoms with Gasteiger partial charge in [-0.1, -0.05) is 6.92 Å². The minimum atomic E-state index is -0.196. The van der Waals surface area contributed by atoms with E-state index in [9.17, 15) is 4.79 Å². The van der Waals surface area contributed by atoms with E-state index in [2.05, 4.69) is 15.3 Å². The van der Waals surface area contributed by atoms with Crippen molar-refractivity contribution in [3.8, 4) is 11.5 Å². The van der Waals surface area contributed by atoms with Crippen LogP contribution in [0, 0.1) is 0 Å². The molecule has 0 aliphatic heterocycles. The fourth-order valence-corrected chi connectivity index (χ4v) is 1.47. The van der Waals surface area contributed by atoms with Crippen molar-refractivity contribution in [1.29, 1.82) is 0 Å². The first-order valence-electron chi connectivity index (χ1n) is 6.11. The second kappa shape index (κ2) is 6.49. The lowest BCUT2D eigenvalue weighted by Crippen LogP contribution is -2.24. The van der Waals surface area contributed by atoms with Gasteiger partial charge in [-0.2, -0.15) is 0 Å². The van der Waals surface area contributed by atoms with Gasteiger partial charge in [0, 0.05) is 25.0 Å². The number of ether oxygens (including phenoxy) is 1.